The number of carbonyl (C=O) groups is 2. The van der Waals surface area contributed by atoms with E-state index >= 15 is 0 Å². The zero-order valence-corrected chi connectivity index (χ0v) is 15.3. The summed E-state index contributed by atoms with van der Waals surface area (Å²) in [6.07, 6.45) is 0.0174. The van der Waals surface area contributed by atoms with Crippen molar-refractivity contribution in [2.75, 3.05) is 60.0 Å². The van der Waals surface area contributed by atoms with Crippen molar-refractivity contribution in [2.24, 2.45) is 5.92 Å². The van der Waals surface area contributed by atoms with E-state index < -0.39 is 17.9 Å². The van der Waals surface area contributed by atoms with Crippen LogP contribution in [-0.4, -0.2) is 77.8 Å². The number of methoxy groups -OCH3 is 1. The molecule has 144 valence electrons. The third-order valence-electron chi connectivity index (χ3n) is 3.22. The van der Waals surface area contributed by atoms with Crippen molar-refractivity contribution < 1.29 is 33.3 Å². The van der Waals surface area contributed by atoms with Crippen LogP contribution in [-0.2, 0) is 33.3 Å². The third-order valence-corrected chi connectivity index (χ3v) is 3.22. The molecule has 8 heteroatoms. The van der Waals surface area contributed by atoms with Crippen molar-refractivity contribution in [3.8, 4) is 0 Å². The maximum Gasteiger partial charge on any atom is 0.309 e. The summed E-state index contributed by atoms with van der Waals surface area (Å²) in [4.78, 5) is 26.4. The van der Waals surface area contributed by atoms with E-state index in [0.29, 0.717) is 39.6 Å². The molecule has 2 atom stereocenters. The van der Waals surface area contributed by atoms with Crippen LogP contribution in [0.1, 0.15) is 20.3 Å². The standard InChI is InChI=1S/C17H29NO7/c1-14(13-16(19)15(2)18-3)17(20)25-12-11-24-10-9-23-8-7-22-6-5-21-4/h14-15H,5-13H2,1-2,4H3. The van der Waals surface area contributed by atoms with Gasteiger partial charge in [0.05, 0.1) is 52.2 Å². The largest absolute Gasteiger partial charge is 0.463 e. The van der Waals surface area contributed by atoms with Crippen LogP contribution >= 0.6 is 0 Å². The fraction of sp³-hybridized carbons (Fsp3) is 0.824. The van der Waals surface area contributed by atoms with Crippen molar-refractivity contribution in [3.63, 3.8) is 0 Å². The molecule has 0 saturated heterocycles. The normalized spacial score (nSPS) is 13.0. The number of ether oxygens (including phenoxy) is 5. The molecule has 8 nitrogen and oxygen atoms in total. The van der Waals surface area contributed by atoms with Gasteiger partial charge >= 0.3 is 5.97 Å². The lowest BCUT2D eigenvalue weighted by atomic mass is 10.0. The van der Waals surface area contributed by atoms with Crippen LogP contribution in [0.2, 0.25) is 0 Å². The highest BCUT2D eigenvalue weighted by Crippen LogP contribution is 2.08. The van der Waals surface area contributed by atoms with E-state index in [4.69, 9.17) is 30.3 Å². The summed E-state index contributed by atoms with van der Waals surface area (Å²) in [5, 5.41) is 0. The molecule has 0 radical (unpaired) electrons. The highest BCUT2D eigenvalue weighted by molar-refractivity contribution is 5.88. The van der Waals surface area contributed by atoms with Gasteiger partial charge in [-0.25, -0.2) is 6.57 Å². The number of rotatable bonds is 16. The molecule has 2 unspecified atom stereocenters. The van der Waals surface area contributed by atoms with Gasteiger partial charge in [0.2, 0.25) is 5.78 Å². The molecule has 25 heavy (non-hydrogen) atoms. The second-order valence-electron chi connectivity index (χ2n) is 5.37. The van der Waals surface area contributed by atoms with Crippen molar-refractivity contribution in [1.29, 1.82) is 0 Å². The van der Waals surface area contributed by atoms with Gasteiger partial charge in [0, 0.05) is 20.5 Å². The van der Waals surface area contributed by atoms with Crippen molar-refractivity contribution >= 4 is 11.8 Å². The van der Waals surface area contributed by atoms with E-state index in [9.17, 15) is 9.59 Å². The Morgan fingerprint density at radius 1 is 0.880 bits per heavy atom. The van der Waals surface area contributed by atoms with Gasteiger partial charge in [-0.05, 0) is 0 Å². The summed E-state index contributed by atoms with van der Waals surface area (Å²) < 4.78 is 25.7. The van der Waals surface area contributed by atoms with E-state index in [0.717, 1.165) is 0 Å². The Hall–Kier alpha value is -1.53. The van der Waals surface area contributed by atoms with Crippen LogP contribution in [0.3, 0.4) is 0 Å². The second kappa shape index (κ2) is 16.0. The zero-order valence-electron chi connectivity index (χ0n) is 15.3. The molecule has 0 aromatic heterocycles. The number of esters is 1. The Morgan fingerprint density at radius 3 is 1.84 bits per heavy atom. The summed E-state index contributed by atoms with van der Waals surface area (Å²) in [7, 11) is 1.62. The van der Waals surface area contributed by atoms with Gasteiger partial charge in [-0.3, -0.25) is 9.59 Å². The Balaban J connectivity index is 3.48. The lowest BCUT2D eigenvalue weighted by Gasteiger charge is -2.11. The molecule has 0 N–H and O–H groups in total. The third kappa shape index (κ3) is 13.4. The topological polar surface area (TPSA) is 84.7 Å². The molecule has 0 amide bonds. The molecule has 0 aromatic carbocycles. The van der Waals surface area contributed by atoms with Gasteiger partial charge in [-0.2, -0.15) is 0 Å². The molecule has 0 spiro atoms. The number of carbonyl (C=O) groups excluding carboxylic acids is 2. The van der Waals surface area contributed by atoms with Gasteiger partial charge in [0.15, 0.2) is 0 Å². The summed E-state index contributed by atoms with van der Waals surface area (Å²) in [6, 6.07) is -0.719. The van der Waals surface area contributed by atoms with Crippen LogP contribution in [0.25, 0.3) is 4.85 Å². The monoisotopic (exact) mass is 359 g/mol. The van der Waals surface area contributed by atoms with E-state index in [1.807, 2.05) is 0 Å². The minimum absolute atomic E-state index is 0.0174. The maximum atomic E-state index is 11.7. The van der Waals surface area contributed by atoms with Crippen LogP contribution in [0.5, 0.6) is 0 Å². The van der Waals surface area contributed by atoms with Gasteiger partial charge in [0.1, 0.15) is 6.61 Å². The first-order valence-electron chi connectivity index (χ1n) is 8.31. The fourth-order valence-electron chi connectivity index (χ4n) is 1.66. The average Bonchev–Trinajstić information content (AvgIpc) is 2.61. The molecule has 0 rings (SSSR count). The smallest absolute Gasteiger partial charge is 0.309 e. The SMILES string of the molecule is [C-]#[N+]C(C)C(=O)CC(C)C(=O)OCCOCCOCCOCCOC. The van der Waals surface area contributed by atoms with Gasteiger partial charge in [-0.15, -0.1) is 0 Å². The highest BCUT2D eigenvalue weighted by Gasteiger charge is 2.24. The van der Waals surface area contributed by atoms with Crippen LogP contribution < -0.4 is 0 Å². The lowest BCUT2D eigenvalue weighted by Crippen LogP contribution is -2.23. The molecule has 0 aromatic rings. The average molecular weight is 359 g/mol. The van der Waals surface area contributed by atoms with Crippen molar-refractivity contribution in [1.82, 2.24) is 0 Å². The molecule has 0 aliphatic rings. The van der Waals surface area contributed by atoms with Crippen LogP contribution in [0.4, 0.5) is 0 Å². The predicted molar refractivity (Wildman–Crippen MR) is 90.1 cm³/mol. The Labute approximate surface area is 149 Å². The van der Waals surface area contributed by atoms with E-state index in [1.54, 1.807) is 14.0 Å². The highest BCUT2D eigenvalue weighted by atomic mass is 16.6. The zero-order chi connectivity index (χ0) is 18.9. The fourth-order valence-corrected chi connectivity index (χ4v) is 1.66. The Bertz CT molecular complexity index is 408. The number of Topliss-reactive ketones (excluding diaryl/α,β-unsaturated/α-hetero) is 1. The summed E-state index contributed by atoms with van der Waals surface area (Å²) in [6.45, 7) is 13.2. The lowest BCUT2D eigenvalue weighted by molar-refractivity contribution is -0.151. The first-order valence-corrected chi connectivity index (χ1v) is 8.31. The number of hydrogen-bond acceptors (Lipinski definition) is 7. The van der Waals surface area contributed by atoms with Gasteiger partial charge in [0.25, 0.3) is 6.04 Å². The Kier molecular flexibility index (Phi) is 15.0. The molecule has 0 aliphatic carbocycles. The molecule has 0 heterocycles. The van der Waals surface area contributed by atoms with E-state index in [1.165, 1.54) is 6.92 Å². The van der Waals surface area contributed by atoms with Crippen molar-refractivity contribution in [3.05, 3.63) is 11.4 Å². The van der Waals surface area contributed by atoms with Crippen molar-refractivity contribution in [2.45, 2.75) is 26.3 Å². The maximum absolute atomic E-state index is 11.7. The summed E-state index contributed by atoms with van der Waals surface area (Å²) in [5.41, 5.74) is 0. The quantitative estimate of drug-likeness (QED) is 0.232. The number of ketones is 1. The molecule has 0 saturated carbocycles. The van der Waals surface area contributed by atoms with Crippen LogP contribution in [0, 0.1) is 12.5 Å². The summed E-state index contributed by atoms with van der Waals surface area (Å²) >= 11 is 0. The molecule has 0 aliphatic heterocycles. The van der Waals surface area contributed by atoms with Gasteiger partial charge in [-0.1, -0.05) is 6.92 Å². The Morgan fingerprint density at radius 2 is 1.36 bits per heavy atom. The minimum atomic E-state index is -0.719. The first-order chi connectivity index (χ1) is 12.0. The number of hydrogen-bond donors (Lipinski definition) is 0. The second-order valence-corrected chi connectivity index (χ2v) is 5.37. The minimum Gasteiger partial charge on any atom is -0.463 e. The molecular formula is C17H29NO7. The molecular weight excluding hydrogens is 330 g/mol. The summed E-state index contributed by atoms with van der Waals surface area (Å²) in [5.74, 6) is -1.27. The van der Waals surface area contributed by atoms with E-state index in [-0.39, 0.29) is 25.4 Å². The predicted octanol–water partition coefficient (Wildman–Crippen LogP) is 1.13. The van der Waals surface area contributed by atoms with E-state index in [2.05, 4.69) is 4.85 Å². The van der Waals surface area contributed by atoms with Crippen LogP contribution in [0.15, 0.2) is 0 Å². The number of nitrogens with zero attached hydrogens (tertiary/aromatic N) is 1. The van der Waals surface area contributed by atoms with Gasteiger partial charge < -0.3 is 28.5 Å². The molecule has 0 fully saturated rings. The molecule has 0 bridgehead atoms. The first kappa shape index (κ1) is 23.5.